The number of primary amides is 2. The number of amides is 3. The molecule has 0 radical (unpaired) electrons. The summed E-state index contributed by atoms with van der Waals surface area (Å²) in [7, 11) is 5.41. The summed E-state index contributed by atoms with van der Waals surface area (Å²) in [5.41, 5.74) is 18.8. The van der Waals surface area contributed by atoms with Crippen LogP contribution in [0.2, 0.25) is 0 Å². The van der Waals surface area contributed by atoms with Crippen molar-refractivity contribution in [3.8, 4) is 22.9 Å². The molecule has 1 fully saturated rings. The fourth-order valence-electron chi connectivity index (χ4n) is 7.49. The zero-order chi connectivity index (χ0) is 42.8. The Hall–Kier alpha value is -6.75. The van der Waals surface area contributed by atoms with Crippen molar-refractivity contribution < 1.29 is 23.9 Å². The Morgan fingerprint density at radius 1 is 0.850 bits per heavy atom. The Kier molecular flexibility index (Phi) is 11.9. The van der Waals surface area contributed by atoms with Gasteiger partial charge in [-0.05, 0) is 115 Å². The van der Waals surface area contributed by atoms with Gasteiger partial charge in [0.25, 0.3) is 5.91 Å². The van der Waals surface area contributed by atoms with E-state index in [0.29, 0.717) is 65.4 Å². The highest BCUT2D eigenvalue weighted by Gasteiger charge is 2.28. The second-order valence-electron chi connectivity index (χ2n) is 15.0. The molecule has 6 N–H and O–H groups in total. The highest BCUT2D eigenvalue weighted by Crippen LogP contribution is 2.38. The van der Waals surface area contributed by atoms with E-state index in [0.717, 1.165) is 82.6 Å². The molecule has 2 aromatic carbocycles. The first-order valence-corrected chi connectivity index (χ1v) is 20.1. The third-order valence-corrected chi connectivity index (χ3v) is 10.6. The number of nitrogens with zero attached hydrogens (tertiary/aromatic N) is 8. The van der Waals surface area contributed by atoms with Crippen LogP contribution in [-0.2, 0) is 26.7 Å². The maximum Gasteiger partial charge on any atom is 0.276 e. The maximum atomic E-state index is 13.1. The number of carbonyl (C=O) groups is 3. The summed E-state index contributed by atoms with van der Waals surface area (Å²) in [6.45, 7) is 11.2. The predicted octanol–water partition coefficient (Wildman–Crippen LogP) is 5.34. The van der Waals surface area contributed by atoms with Crippen LogP contribution in [-0.4, -0.2) is 83.7 Å². The number of nitrogens with two attached hydrogens (primary N) is 2. The minimum absolute atomic E-state index is 0.281. The Balaban J connectivity index is 0.000000185. The number of aromatic nitrogens is 8. The SMILES string of the molecule is CCn1nc(C)cc1-c1ccc2c3cc(C(N)=O)cc(OC)c3n(C)c2n1.CCn1nc(C)cc1C(=O)Nc1nc2cc(C(N)=O)cc(OCCCNC)c2n1CC1CC1. The van der Waals surface area contributed by atoms with E-state index >= 15 is 0 Å². The number of methoxy groups -OCH3 is 1. The minimum atomic E-state index is -0.554. The van der Waals surface area contributed by atoms with E-state index in [-0.39, 0.29) is 5.91 Å². The van der Waals surface area contributed by atoms with Crippen molar-refractivity contribution >= 4 is 56.6 Å². The van der Waals surface area contributed by atoms with Crippen LogP contribution in [0.25, 0.3) is 44.4 Å². The third-order valence-electron chi connectivity index (χ3n) is 10.6. The van der Waals surface area contributed by atoms with Crippen LogP contribution in [0, 0.1) is 19.8 Å². The molecular weight excluding hydrogens is 765 g/mol. The lowest BCUT2D eigenvalue weighted by molar-refractivity contribution is 0.0991. The van der Waals surface area contributed by atoms with Crippen molar-refractivity contribution in [3.63, 3.8) is 0 Å². The fraction of sp³-hybridized carbons (Fsp3) is 0.372. The number of anilines is 1. The van der Waals surface area contributed by atoms with Crippen molar-refractivity contribution in [1.29, 1.82) is 0 Å². The van der Waals surface area contributed by atoms with E-state index < -0.39 is 11.8 Å². The first-order chi connectivity index (χ1) is 28.8. The molecule has 0 unspecified atom stereocenters. The number of hydrogen-bond acceptors (Lipinski definition) is 10. The standard InChI is InChI=1S/C23H31N7O3.C20H21N5O2/c1-4-30-18(10-14(2)28-30)22(32)27-23-26-17-11-16(21(24)31)12-19(33-9-5-8-25-3)20(17)29(23)13-15-6-7-15;1-5-25-16(8-11(2)23-25)15-7-6-13-14-9-12(19(21)26)10-17(27-4)18(14)24(3)20(13)22-15/h10-12,15,25H,4-9,13H2,1-3H3,(H2,24,31)(H,26,27,32);6-10H,5H2,1-4H3,(H2,21,26). The van der Waals surface area contributed by atoms with Crippen LogP contribution < -0.4 is 31.6 Å². The molecule has 0 aliphatic heterocycles. The quantitative estimate of drug-likeness (QED) is 0.0975. The Morgan fingerprint density at radius 3 is 2.20 bits per heavy atom. The molecule has 5 heterocycles. The van der Waals surface area contributed by atoms with Crippen molar-refractivity contribution in [3.05, 3.63) is 76.7 Å². The monoisotopic (exact) mass is 816 g/mol. The van der Waals surface area contributed by atoms with Crippen molar-refractivity contribution in [2.45, 2.75) is 66.6 Å². The summed E-state index contributed by atoms with van der Waals surface area (Å²) < 4.78 is 19.2. The summed E-state index contributed by atoms with van der Waals surface area (Å²) in [5, 5.41) is 16.8. The van der Waals surface area contributed by atoms with Gasteiger partial charge < -0.3 is 35.4 Å². The number of benzene rings is 2. The molecule has 0 saturated heterocycles. The highest BCUT2D eigenvalue weighted by molar-refractivity contribution is 6.12. The number of ether oxygens (including phenoxy) is 2. The number of hydrogen-bond donors (Lipinski definition) is 4. The summed E-state index contributed by atoms with van der Waals surface area (Å²) >= 11 is 0. The first kappa shape index (κ1) is 41.4. The Morgan fingerprint density at radius 2 is 1.53 bits per heavy atom. The van der Waals surface area contributed by atoms with Crippen LogP contribution in [0.1, 0.15) is 75.7 Å². The minimum Gasteiger partial charge on any atom is -0.495 e. The molecule has 3 amide bonds. The van der Waals surface area contributed by atoms with Gasteiger partial charge in [0.15, 0.2) is 0 Å². The van der Waals surface area contributed by atoms with Crippen LogP contribution >= 0.6 is 0 Å². The molecule has 0 spiro atoms. The molecule has 17 heteroatoms. The Labute approximate surface area is 347 Å². The van der Waals surface area contributed by atoms with Gasteiger partial charge in [0.2, 0.25) is 17.8 Å². The van der Waals surface area contributed by atoms with E-state index in [1.165, 1.54) is 0 Å². The maximum absolute atomic E-state index is 13.1. The van der Waals surface area contributed by atoms with Gasteiger partial charge in [0.05, 0.1) is 47.5 Å². The molecular formula is C43H52N12O5. The largest absolute Gasteiger partial charge is 0.495 e. The lowest BCUT2D eigenvalue weighted by Gasteiger charge is -2.13. The van der Waals surface area contributed by atoms with Crippen LogP contribution in [0.5, 0.6) is 11.5 Å². The number of pyridine rings is 1. The average Bonchev–Trinajstić information content (AvgIpc) is 3.55. The second kappa shape index (κ2) is 17.2. The van der Waals surface area contributed by atoms with E-state index in [4.69, 9.17) is 25.9 Å². The Bertz CT molecular complexity index is 2750. The molecule has 7 aromatic rings. The van der Waals surface area contributed by atoms with Crippen LogP contribution in [0.15, 0.2) is 48.5 Å². The summed E-state index contributed by atoms with van der Waals surface area (Å²) in [6.07, 6.45) is 3.07. The molecule has 1 aliphatic carbocycles. The van der Waals surface area contributed by atoms with E-state index in [2.05, 4.69) is 32.7 Å². The second-order valence-corrected chi connectivity index (χ2v) is 15.0. The number of aryl methyl sites for hydroxylation is 5. The van der Waals surface area contributed by atoms with E-state index in [9.17, 15) is 14.4 Å². The number of rotatable bonds is 15. The van der Waals surface area contributed by atoms with Crippen molar-refractivity contribution in [1.82, 2.24) is 44.0 Å². The highest BCUT2D eigenvalue weighted by atomic mass is 16.5. The normalized spacial score (nSPS) is 12.5. The smallest absolute Gasteiger partial charge is 0.276 e. The fourth-order valence-corrected chi connectivity index (χ4v) is 7.49. The summed E-state index contributed by atoms with van der Waals surface area (Å²) in [6, 6.07) is 14.6. The molecule has 314 valence electrons. The average molecular weight is 817 g/mol. The van der Waals surface area contributed by atoms with Crippen LogP contribution in [0.4, 0.5) is 5.95 Å². The van der Waals surface area contributed by atoms with Gasteiger partial charge in [-0.1, -0.05) is 0 Å². The van der Waals surface area contributed by atoms with Gasteiger partial charge in [0.1, 0.15) is 28.4 Å². The molecule has 8 rings (SSSR count). The van der Waals surface area contributed by atoms with Gasteiger partial charge >= 0.3 is 0 Å². The predicted molar refractivity (Wildman–Crippen MR) is 231 cm³/mol. The third kappa shape index (κ3) is 8.25. The van der Waals surface area contributed by atoms with Crippen molar-refractivity contribution in [2.75, 3.05) is 32.6 Å². The van der Waals surface area contributed by atoms with Crippen LogP contribution in [0.3, 0.4) is 0 Å². The van der Waals surface area contributed by atoms with Gasteiger partial charge in [-0.3, -0.25) is 29.1 Å². The summed E-state index contributed by atoms with van der Waals surface area (Å²) in [4.78, 5) is 46.3. The number of imidazole rings is 1. The molecule has 1 saturated carbocycles. The molecule has 5 aromatic heterocycles. The van der Waals surface area contributed by atoms with E-state index in [1.54, 1.807) is 42.1 Å². The van der Waals surface area contributed by atoms with E-state index in [1.807, 2.05) is 66.9 Å². The lowest BCUT2D eigenvalue weighted by Crippen LogP contribution is -2.20. The van der Waals surface area contributed by atoms with Gasteiger partial charge in [-0.25, -0.2) is 9.97 Å². The topological polar surface area (TPSA) is 217 Å². The van der Waals surface area contributed by atoms with Crippen molar-refractivity contribution in [2.24, 2.45) is 24.4 Å². The molecule has 1 aliphatic rings. The summed E-state index contributed by atoms with van der Waals surface area (Å²) in [5.74, 6) is 0.759. The van der Waals surface area contributed by atoms with Gasteiger partial charge in [-0.15, -0.1) is 0 Å². The number of fused-ring (bicyclic) bond motifs is 4. The molecule has 0 bridgehead atoms. The first-order valence-electron chi connectivity index (χ1n) is 20.1. The van der Waals surface area contributed by atoms with Gasteiger partial charge in [-0.2, -0.15) is 10.2 Å². The molecule has 60 heavy (non-hydrogen) atoms. The molecule has 0 atom stereocenters. The van der Waals surface area contributed by atoms with Gasteiger partial charge in [0, 0.05) is 48.6 Å². The zero-order valence-corrected chi connectivity index (χ0v) is 35.1. The zero-order valence-electron chi connectivity index (χ0n) is 35.1. The number of carbonyl (C=O) groups excluding carboxylic acids is 3. The lowest BCUT2D eigenvalue weighted by atomic mass is 10.1. The number of nitrogens with one attached hydrogen (secondary N) is 2. The molecule has 17 nitrogen and oxygen atoms in total.